The smallest absolute Gasteiger partial charge is 0.338 e. The minimum Gasteiger partial charge on any atom is -0.489 e. The van der Waals surface area contributed by atoms with Crippen LogP contribution >= 0.6 is 11.6 Å². The molecule has 26 heavy (non-hydrogen) atoms. The van der Waals surface area contributed by atoms with Gasteiger partial charge in [0.1, 0.15) is 11.9 Å². The van der Waals surface area contributed by atoms with Crippen molar-refractivity contribution in [1.82, 2.24) is 4.90 Å². The summed E-state index contributed by atoms with van der Waals surface area (Å²) in [5.41, 5.74) is 1.26. The van der Waals surface area contributed by atoms with E-state index in [2.05, 4.69) is 4.90 Å². The number of esters is 1. The topological polar surface area (TPSA) is 48.0 Å². The van der Waals surface area contributed by atoms with E-state index >= 15 is 0 Å². The van der Waals surface area contributed by atoms with Crippen LogP contribution in [0.2, 0.25) is 0 Å². The van der Waals surface area contributed by atoms with Gasteiger partial charge in [-0.3, -0.25) is 4.90 Å². The fraction of sp³-hybridized carbons (Fsp3) is 0.650. The van der Waals surface area contributed by atoms with Gasteiger partial charge >= 0.3 is 5.97 Å². The van der Waals surface area contributed by atoms with Crippen LogP contribution in [-0.4, -0.2) is 55.9 Å². The summed E-state index contributed by atoms with van der Waals surface area (Å²) >= 11 is 6.04. The molecule has 3 rings (SSSR count). The lowest BCUT2D eigenvalue weighted by Crippen LogP contribution is -2.42. The number of hydrogen-bond acceptors (Lipinski definition) is 5. The molecule has 1 aromatic rings. The van der Waals surface area contributed by atoms with Crippen molar-refractivity contribution in [3.8, 4) is 5.75 Å². The molecule has 2 fully saturated rings. The summed E-state index contributed by atoms with van der Waals surface area (Å²) in [6.45, 7) is 4.19. The molecular formula is C20H28ClNO4. The standard InChI is InChI=1S/C20H28ClNO4/c1-3-25-20(23)17-8-7-15(11-14(17)12-21)26-19-6-4-5-18(19)22-10-9-16(13-22)24-2/h7-8,11,16,18-19H,3-6,9-10,12-13H2,1-2H3/t16-,18?,19?/m1/s1. The number of ether oxygens (including phenoxy) is 3. The molecular weight excluding hydrogens is 354 g/mol. The van der Waals surface area contributed by atoms with Crippen LogP contribution < -0.4 is 4.74 Å². The predicted octanol–water partition coefficient (Wildman–Crippen LogP) is 3.62. The lowest BCUT2D eigenvalue weighted by atomic mass is 10.1. The van der Waals surface area contributed by atoms with E-state index in [-0.39, 0.29) is 18.0 Å². The maximum Gasteiger partial charge on any atom is 0.338 e. The summed E-state index contributed by atoms with van der Waals surface area (Å²) in [4.78, 5) is 14.5. The predicted molar refractivity (Wildman–Crippen MR) is 101 cm³/mol. The molecule has 0 bridgehead atoms. The van der Waals surface area contributed by atoms with Crippen LogP contribution in [0.4, 0.5) is 0 Å². The molecule has 1 aliphatic heterocycles. The second kappa shape index (κ2) is 9.07. The highest BCUT2D eigenvalue weighted by atomic mass is 35.5. The minimum absolute atomic E-state index is 0.169. The second-order valence-electron chi connectivity index (χ2n) is 6.97. The Morgan fingerprint density at radius 2 is 2.15 bits per heavy atom. The van der Waals surface area contributed by atoms with Crippen LogP contribution in [0, 0.1) is 0 Å². The van der Waals surface area contributed by atoms with Crippen molar-refractivity contribution in [2.24, 2.45) is 0 Å². The highest BCUT2D eigenvalue weighted by Crippen LogP contribution is 2.32. The van der Waals surface area contributed by atoms with Gasteiger partial charge in [-0.05, 0) is 56.4 Å². The van der Waals surface area contributed by atoms with Gasteiger partial charge in [0.05, 0.1) is 18.3 Å². The van der Waals surface area contributed by atoms with E-state index in [1.165, 1.54) is 6.42 Å². The lowest BCUT2D eigenvalue weighted by molar-refractivity contribution is 0.0525. The highest BCUT2D eigenvalue weighted by molar-refractivity contribution is 6.17. The van der Waals surface area contributed by atoms with Gasteiger partial charge in [0.15, 0.2) is 0 Å². The molecule has 0 N–H and O–H groups in total. The van der Waals surface area contributed by atoms with Crippen molar-refractivity contribution in [3.63, 3.8) is 0 Å². The summed E-state index contributed by atoms with van der Waals surface area (Å²) in [7, 11) is 1.79. The zero-order chi connectivity index (χ0) is 18.5. The van der Waals surface area contributed by atoms with Crippen LogP contribution in [0.1, 0.15) is 48.5 Å². The quantitative estimate of drug-likeness (QED) is 0.533. The van der Waals surface area contributed by atoms with E-state index in [9.17, 15) is 4.79 Å². The minimum atomic E-state index is -0.337. The number of methoxy groups -OCH3 is 1. The van der Waals surface area contributed by atoms with Gasteiger partial charge in [0.25, 0.3) is 0 Å². The summed E-state index contributed by atoms with van der Waals surface area (Å²) in [6.07, 6.45) is 4.97. The maximum absolute atomic E-state index is 12.0. The third-order valence-corrected chi connectivity index (χ3v) is 5.69. The second-order valence-corrected chi connectivity index (χ2v) is 7.24. The zero-order valence-corrected chi connectivity index (χ0v) is 16.3. The number of alkyl halides is 1. The van der Waals surface area contributed by atoms with Crippen molar-refractivity contribution in [2.45, 2.75) is 56.7 Å². The molecule has 5 nitrogen and oxygen atoms in total. The number of carbonyl (C=O) groups is 1. The van der Waals surface area contributed by atoms with E-state index < -0.39 is 0 Å². The lowest BCUT2D eigenvalue weighted by Gasteiger charge is -2.29. The number of halogens is 1. The van der Waals surface area contributed by atoms with Gasteiger partial charge < -0.3 is 14.2 Å². The van der Waals surface area contributed by atoms with E-state index in [1.807, 2.05) is 12.1 Å². The molecule has 1 saturated carbocycles. The van der Waals surface area contributed by atoms with Crippen LogP contribution in [0.25, 0.3) is 0 Å². The number of likely N-dealkylation sites (tertiary alicyclic amines) is 1. The summed E-state index contributed by atoms with van der Waals surface area (Å²) in [5, 5.41) is 0. The van der Waals surface area contributed by atoms with Gasteiger partial charge in [-0.25, -0.2) is 4.79 Å². The Morgan fingerprint density at radius 3 is 2.85 bits per heavy atom. The van der Waals surface area contributed by atoms with Gasteiger partial charge in [0, 0.05) is 32.1 Å². The first kappa shape index (κ1) is 19.5. The molecule has 1 saturated heterocycles. The maximum atomic E-state index is 12.0. The SMILES string of the molecule is CCOC(=O)c1ccc(OC2CCCC2N2CC[C@@H](OC)C2)cc1CCl. The Bertz CT molecular complexity index is 624. The molecule has 0 aromatic heterocycles. The number of rotatable bonds is 7. The molecule has 0 spiro atoms. The summed E-state index contributed by atoms with van der Waals surface area (Å²) in [6, 6.07) is 5.90. The first-order valence-corrected chi connectivity index (χ1v) is 9.99. The van der Waals surface area contributed by atoms with E-state index in [4.69, 9.17) is 25.8 Å². The van der Waals surface area contributed by atoms with Gasteiger partial charge in [-0.2, -0.15) is 0 Å². The molecule has 0 amide bonds. The van der Waals surface area contributed by atoms with Gasteiger partial charge in [0.2, 0.25) is 0 Å². The molecule has 0 radical (unpaired) electrons. The Kier molecular flexibility index (Phi) is 6.79. The molecule has 1 heterocycles. The number of hydrogen-bond donors (Lipinski definition) is 0. The fourth-order valence-corrected chi connectivity index (χ4v) is 4.27. The number of carbonyl (C=O) groups excluding carboxylic acids is 1. The molecule has 2 unspecified atom stereocenters. The zero-order valence-electron chi connectivity index (χ0n) is 15.6. The highest BCUT2D eigenvalue weighted by Gasteiger charge is 2.37. The monoisotopic (exact) mass is 381 g/mol. The Labute approximate surface area is 160 Å². The summed E-state index contributed by atoms with van der Waals surface area (Å²) < 4.78 is 16.9. The normalized spacial score (nSPS) is 26.2. The average Bonchev–Trinajstić information content (AvgIpc) is 3.30. The van der Waals surface area contributed by atoms with Gasteiger partial charge in [-0.15, -0.1) is 11.6 Å². The van der Waals surface area contributed by atoms with Gasteiger partial charge in [-0.1, -0.05) is 0 Å². The van der Waals surface area contributed by atoms with Crippen molar-refractivity contribution in [1.29, 1.82) is 0 Å². The number of nitrogens with zero attached hydrogens (tertiary/aromatic N) is 1. The third-order valence-electron chi connectivity index (χ3n) is 5.40. The fourth-order valence-electron chi connectivity index (χ4n) is 4.05. The Morgan fingerprint density at radius 1 is 1.31 bits per heavy atom. The first-order chi connectivity index (χ1) is 12.7. The van der Waals surface area contributed by atoms with Crippen LogP contribution in [0.3, 0.4) is 0 Å². The van der Waals surface area contributed by atoms with Crippen LogP contribution in [0.5, 0.6) is 5.75 Å². The van der Waals surface area contributed by atoms with Crippen molar-refractivity contribution < 1.29 is 19.0 Å². The molecule has 3 atom stereocenters. The van der Waals surface area contributed by atoms with E-state index in [0.717, 1.165) is 43.7 Å². The van der Waals surface area contributed by atoms with Crippen molar-refractivity contribution in [2.75, 3.05) is 26.8 Å². The molecule has 6 heteroatoms. The Hall–Kier alpha value is -1.30. The van der Waals surface area contributed by atoms with E-state index in [0.29, 0.717) is 24.3 Å². The molecule has 1 aromatic carbocycles. The molecule has 2 aliphatic rings. The number of benzene rings is 1. The van der Waals surface area contributed by atoms with E-state index in [1.54, 1.807) is 20.1 Å². The van der Waals surface area contributed by atoms with Crippen molar-refractivity contribution >= 4 is 17.6 Å². The van der Waals surface area contributed by atoms with Crippen molar-refractivity contribution in [3.05, 3.63) is 29.3 Å². The average molecular weight is 382 g/mol. The van der Waals surface area contributed by atoms with Crippen LogP contribution in [-0.2, 0) is 15.4 Å². The summed E-state index contributed by atoms with van der Waals surface area (Å²) in [5.74, 6) is 0.686. The largest absolute Gasteiger partial charge is 0.489 e. The molecule has 144 valence electrons. The third kappa shape index (κ3) is 4.33. The Balaban J connectivity index is 1.68. The molecule has 1 aliphatic carbocycles. The van der Waals surface area contributed by atoms with Crippen LogP contribution in [0.15, 0.2) is 18.2 Å². The first-order valence-electron chi connectivity index (χ1n) is 9.45.